The molecule has 6 aliphatic rings. The zero-order valence-corrected chi connectivity index (χ0v) is 37.6. The third kappa shape index (κ3) is 7.93. The lowest BCUT2D eigenvalue weighted by molar-refractivity contribution is 0.270. The van der Waals surface area contributed by atoms with Crippen LogP contribution in [0.1, 0.15) is 217 Å². The van der Waals surface area contributed by atoms with Gasteiger partial charge in [0.25, 0.3) is 11.1 Å². The third-order valence-electron chi connectivity index (χ3n) is 15.0. The smallest absolute Gasteiger partial charge is 0.334 e. The van der Waals surface area contributed by atoms with Crippen molar-refractivity contribution in [1.82, 2.24) is 18.3 Å². The molecule has 62 heavy (non-hydrogen) atoms. The number of aromatic hydroxyl groups is 2. The van der Waals surface area contributed by atoms with Gasteiger partial charge < -0.3 is 10.2 Å². The van der Waals surface area contributed by atoms with Crippen LogP contribution in [0.4, 0.5) is 0 Å². The SMILES string of the molecule is CCC1=C(CC)/C(=C/c2c(O)n(C3CCCCC3)c(=O)n(C3CCCCC3)c2=O)N=C1C1=N/C(=C\c2c(O)n(C3CCCCC3)c(=O)n(C3CCCCC3)c2=O)C(CC)=C1CC. The number of rotatable bonds is 11. The number of hydrogen-bond donors (Lipinski definition) is 2. The van der Waals surface area contributed by atoms with Crippen LogP contribution in [-0.4, -0.2) is 39.9 Å². The molecule has 2 N–H and O–H groups in total. The number of hydrogen-bond acceptors (Lipinski definition) is 8. The van der Waals surface area contributed by atoms with Gasteiger partial charge in [0.15, 0.2) is 0 Å². The molecule has 0 spiro atoms. The molecule has 0 unspecified atom stereocenters. The molecule has 0 saturated heterocycles. The molecule has 4 heterocycles. The van der Waals surface area contributed by atoms with E-state index in [1.54, 1.807) is 12.2 Å². The predicted octanol–water partition coefficient (Wildman–Crippen LogP) is 10.3. The van der Waals surface area contributed by atoms with Gasteiger partial charge in [-0.25, -0.2) is 19.6 Å². The van der Waals surface area contributed by atoms with Gasteiger partial charge in [0.1, 0.15) is 11.1 Å². The van der Waals surface area contributed by atoms with Crippen molar-refractivity contribution in [2.45, 2.75) is 206 Å². The summed E-state index contributed by atoms with van der Waals surface area (Å²) < 4.78 is 5.90. The van der Waals surface area contributed by atoms with Crippen molar-refractivity contribution < 1.29 is 10.2 Å². The minimum absolute atomic E-state index is 0.106. The van der Waals surface area contributed by atoms with E-state index >= 15 is 0 Å². The van der Waals surface area contributed by atoms with E-state index in [9.17, 15) is 29.4 Å². The standard InChI is InChI=1S/C50H68N6O6/c1-5-35-37(7-3)43(51-41(35)29-39-45(57)53(31-21-13-9-14-22-31)49(61)54(46(39)58)32-23-15-10-16-24-32)44-38(8-4)36(6-2)42(52-44)30-40-47(59)55(33-25-17-11-18-26-33)50(62)56(48(40)60)34-27-19-12-20-28-34/h29-34,57,59H,5-28H2,1-4H3/b41-29-,42-30-. The lowest BCUT2D eigenvalue weighted by Gasteiger charge is -2.29. The maximum atomic E-state index is 14.5. The van der Waals surface area contributed by atoms with Gasteiger partial charge in [-0.15, -0.1) is 0 Å². The lowest BCUT2D eigenvalue weighted by atomic mass is 9.91. The van der Waals surface area contributed by atoms with Crippen LogP contribution in [0.2, 0.25) is 0 Å². The average molecular weight is 849 g/mol. The van der Waals surface area contributed by atoms with Crippen LogP contribution < -0.4 is 22.5 Å². The van der Waals surface area contributed by atoms with Crippen molar-refractivity contribution >= 4 is 23.6 Å². The second kappa shape index (κ2) is 18.9. The first-order valence-electron chi connectivity index (χ1n) is 24.4. The number of nitrogens with zero attached hydrogens (tertiary/aromatic N) is 6. The normalized spacial score (nSPS) is 22.7. The lowest BCUT2D eigenvalue weighted by Crippen LogP contribution is -2.45. The molecular weight excluding hydrogens is 781 g/mol. The van der Waals surface area contributed by atoms with Gasteiger partial charge in [-0.2, -0.15) is 0 Å². The summed E-state index contributed by atoms with van der Waals surface area (Å²) in [4.78, 5) is 68.0. The third-order valence-corrected chi connectivity index (χ3v) is 15.0. The van der Waals surface area contributed by atoms with Crippen LogP contribution in [0.5, 0.6) is 11.8 Å². The van der Waals surface area contributed by atoms with Gasteiger partial charge >= 0.3 is 11.4 Å². The van der Waals surface area contributed by atoms with Crippen LogP contribution in [0.3, 0.4) is 0 Å². The van der Waals surface area contributed by atoms with Crippen molar-refractivity contribution in [2.75, 3.05) is 0 Å². The van der Waals surface area contributed by atoms with E-state index in [0.717, 1.165) is 151 Å². The Morgan fingerprint density at radius 2 is 0.710 bits per heavy atom. The second-order valence-corrected chi connectivity index (χ2v) is 18.6. The number of aliphatic imine (C=N–C) groups is 2. The van der Waals surface area contributed by atoms with Gasteiger partial charge in [-0.05, 0) is 111 Å². The molecule has 0 atom stereocenters. The van der Waals surface area contributed by atoms with E-state index in [-0.39, 0.29) is 47.1 Å². The fourth-order valence-corrected chi connectivity index (χ4v) is 11.8. The Hall–Kier alpha value is -4.74. The van der Waals surface area contributed by atoms with Crippen molar-refractivity contribution in [1.29, 1.82) is 0 Å². The molecule has 8 rings (SSSR count). The van der Waals surface area contributed by atoms with E-state index in [0.29, 0.717) is 48.5 Å². The molecule has 2 aromatic heterocycles. The Balaban J connectivity index is 1.29. The van der Waals surface area contributed by atoms with Crippen LogP contribution in [0.25, 0.3) is 12.2 Å². The highest BCUT2D eigenvalue weighted by atomic mass is 16.3. The van der Waals surface area contributed by atoms with E-state index < -0.39 is 22.5 Å². The molecule has 4 aliphatic carbocycles. The van der Waals surface area contributed by atoms with Gasteiger partial charge in [0, 0.05) is 24.2 Å². The van der Waals surface area contributed by atoms with E-state index in [1.807, 2.05) is 0 Å². The monoisotopic (exact) mass is 849 g/mol. The molecule has 4 saturated carbocycles. The maximum absolute atomic E-state index is 14.5. The van der Waals surface area contributed by atoms with Crippen molar-refractivity contribution in [3.8, 4) is 11.8 Å². The van der Waals surface area contributed by atoms with Gasteiger partial charge in [0.2, 0.25) is 11.8 Å². The fourth-order valence-electron chi connectivity index (χ4n) is 11.8. The topological polar surface area (TPSA) is 153 Å². The molecular formula is C50H68N6O6. The first kappa shape index (κ1) is 43.9. The summed E-state index contributed by atoms with van der Waals surface area (Å²) in [6.07, 6.45) is 24.2. The molecule has 4 fully saturated rings. The van der Waals surface area contributed by atoms with Gasteiger partial charge in [-0.3, -0.25) is 27.9 Å². The summed E-state index contributed by atoms with van der Waals surface area (Å²) in [5.41, 5.74) is 4.96. The Morgan fingerprint density at radius 3 is 0.984 bits per heavy atom. The van der Waals surface area contributed by atoms with E-state index in [4.69, 9.17) is 9.98 Å². The van der Waals surface area contributed by atoms with E-state index in [2.05, 4.69) is 27.7 Å². The van der Waals surface area contributed by atoms with Gasteiger partial charge in [0.05, 0.1) is 22.8 Å². The average Bonchev–Trinajstić information content (AvgIpc) is 3.84. The highest BCUT2D eigenvalue weighted by Gasteiger charge is 2.35. The molecule has 0 radical (unpaired) electrons. The first-order chi connectivity index (χ1) is 30.1. The largest absolute Gasteiger partial charge is 0.494 e. The fraction of sp³-hybridized carbons (Fsp3) is 0.640. The quantitative estimate of drug-likeness (QED) is 0.230. The summed E-state index contributed by atoms with van der Waals surface area (Å²) in [5, 5.41) is 23.9. The second-order valence-electron chi connectivity index (χ2n) is 18.6. The predicted molar refractivity (Wildman–Crippen MR) is 248 cm³/mol. The summed E-state index contributed by atoms with van der Waals surface area (Å²) in [6.45, 7) is 8.31. The molecule has 0 aromatic carbocycles. The summed E-state index contributed by atoms with van der Waals surface area (Å²) in [6, 6.07) is -0.755. The zero-order valence-electron chi connectivity index (χ0n) is 37.6. The van der Waals surface area contributed by atoms with Crippen molar-refractivity contribution in [2.24, 2.45) is 9.98 Å². The molecule has 2 aromatic rings. The maximum Gasteiger partial charge on any atom is 0.334 e. The van der Waals surface area contributed by atoms with Crippen LogP contribution >= 0.6 is 0 Å². The Labute approximate surface area is 365 Å². The Bertz CT molecular complexity index is 2320. The Kier molecular flexibility index (Phi) is 13.4. The minimum atomic E-state index is -0.463. The first-order valence-corrected chi connectivity index (χ1v) is 24.4. The highest BCUT2D eigenvalue weighted by Crippen LogP contribution is 2.41. The molecule has 12 heteroatoms. The van der Waals surface area contributed by atoms with Crippen LogP contribution in [0, 0.1) is 0 Å². The molecule has 334 valence electrons. The van der Waals surface area contributed by atoms with Crippen LogP contribution in [-0.2, 0) is 0 Å². The summed E-state index contributed by atoms with van der Waals surface area (Å²) >= 11 is 0. The number of allylic oxidation sites excluding steroid dienone is 4. The highest BCUT2D eigenvalue weighted by molar-refractivity contribution is 6.55. The van der Waals surface area contributed by atoms with E-state index in [1.165, 1.54) is 18.3 Å². The zero-order chi connectivity index (χ0) is 43.7. The molecule has 12 nitrogen and oxygen atoms in total. The Morgan fingerprint density at radius 1 is 0.435 bits per heavy atom. The summed E-state index contributed by atoms with van der Waals surface area (Å²) in [7, 11) is 0. The minimum Gasteiger partial charge on any atom is -0.494 e. The van der Waals surface area contributed by atoms with Crippen molar-refractivity contribution in [3.05, 3.63) is 86.5 Å². The molecule has 0 bridgehead atoms. The van der Waals surface area contributed by atoms with Gasteiger partial charge in [-0.1, -0.05) is 105 Å². The summed E-state index contributed by atoms with van der Waals surface area (Å²) in [5.74, 6) is -0.551. The molecule has 2 aliphatic heterocycles. The van der Waals surface area contributed by atoms with Crippen LogP contribution in [0.15, 0.2) is 62.8 Å². The number of aromatic nitrogens is 4. The molecule has 0 amide bonds. The van der Waals surface area contributed by atoms with Crippen molar-refractivity contribution in [3.63, 3.8) is 0 Å².